The SMILES string of the molecule is C#CCO[C@@H](OC)[C@@]1(Br)CCCC[C@@H]1CC(=C)Br. The molecule has 1 aliphatic rings. The van der Waals surface area contributed by atoms with Gasteiger partial charge in [-0.3, -0.25) is 0 Å². The predicted molar refractivity (Wildman–Crippen MR) is 81.9 cm³/mol. The lowest BCUT2D eigenvalue weighted by atomic mass is 9.76. The van der Waals surface area contributed by atoms with Gasteiger partial charge in [-0.05, 0) is 29.7 Å². The Morgan fingerprint density at radius 2 is 2.33 bits per heavy atom. The number of alkyl halides is 1. The highest BCUT2D eigenvalue weighted by atomic mass is 79.9. The highest BCUT2D eigenvalue weighted by Crippen LogP contribution is 2.47. The van der Waals surface area contributed by atoms with Gasteiger partial charge in [0, 0.05) is 7.11 Å². The van der Waals surface area contributed by atoms with Crippen LogP contribution in [0.1, 0.15) is 32.1 Å². The monoisotopic (exact) mass is 378 g/mol. The zero-order chi connectivity index (χ0) is 13.6. The van der Waals surface area contributed by atoms with Gasteiger partial charge in [-0.25, -0.2) is 0 Å². The minimum Gasteiger partial charge on any atom is -0.354 e. The van der Waals surface area contributed by atoms with Crippen LogP contribution in [0, 0.1) is 18.3 Å². The molecular weight excluding hydrogens is 360 g/mol. The highest BCUT2D eigenvalue weighted by Gasteiger charge is 2.45. The predicted octanol–water partition coefficient (Wildman–Crippen LogP) is 4.23. The first kappa shape index (κ1) is 16.2. The van der Waals surface area contributed by atoms with Gasteiger partial charge in [0.2, 0.25) is 0 Å². The van der Waals surface area contributed by atoms with E-state index in [0.29, 0.717) is 5.92 Å². The summed E-state index contributed by atoms with van der Waals surface area (Å²) in [4.78, 5) is 0. The summed E-state index contributed by atoms with van der Waals surface area (Å²) in [6.45, 7) is 4.22. The Morgan fingerprint density at radius 1 is 1.61 bits per heavy atom. The van der Waals surface area contributed by atoms with E-state index in [9.17, 15) is 0 Å². The van der Waals surface area contributed by atoms with Crippen LogP contribution in [0.4, 0.5) is 0 Å². The Morgan fingerprint density at radius 3 is 2.89 bits per heavy atom. The number of methoxy groups -OCH3 is 1. The second-order valence-electron chi connectivity index (χ2n) is 4.67. The van der Waals surface area contributed by atoms with Crippen molar-refractivity contribution in [3.05, 3.63) is 11.1 Å². The van der Waals surface area contributed by atoms with Crippen LogP contribution in [0.3, 0.4) is 0 Å². The van der Waals surface area contributed by atoms with Gasteiger partial charge < -0.3 is 9.47 Å². The van der Waals surface area contributed by atoms with Gasteiger partial charge >= 0.3 is 0 Å². The summed E-state index contributed by atoms with van der Waals surface area (Å²) in [5.74, 6) is 2.94. The second kappa shape index (κ2) is 7.69. The summed E-state index contributed by atoms with van der Waals surface area (Å²) in [5.41, 5.74) is 0. The first-order valence-corrected chi connectivity index (χ1v) is 7.73. The maximum absolute atomic E-state index is 5.64. The zero-order valence-corrected chi connectivity index (χ0v) is 13.9. The maximum Gasteiger partial charge on any atom is 0.173 e. The average molecular weight is 380 g/mol. The standard InChI is InChI=1S/C14H20Br2O2/c1-4-9-18-13(17-3)14(16)8-6-5-7-12(14)10-11(2)15/h1,12-13H,2,5-10H2,3H3/t12-,13-,14-/m1/s1. The van der Waals surface area contributed by atoms with E-state index >= 15 is 0 Å². The third-order valence-electron chi connectivity index (χ3n) is 3.43. The minimum atomic E-state index is -0.314. The Kier molecular flexibility index (Phi) is 6.94. The van der Waals surface area contributed by atoms with E-state index in [4.69, 9.17) is 15.9 Å². The van der Waals surface area contributed by atoms with Gasteiger partial charge in [-0.1, -0.05) is 57.2 Å². The molecule has 0 radical (unpaired) electrons. The summed E-state index contributed by atoms with van der Waals surface area (Å²) < 4.78 is 12.0. The summed E-state index contributed by atoms with van der Waals surface area (Å²) in [6, 6.07) is 0. The van der Waals surface area contributed by atoms with E-state index in [1.165, 1.54) is 12.8 Å². The van der Waals surface area contributed by atoms with E-state index in [-0.39, 0.29) is 17.2 Å². The van der Waals surface area contributed by atoms with Crippen molar-refractivity contribution in [3.63, 3.8) is 0 Å². The number of hydrogen-bond acceptors (Lipinski definition) is 2. The molecule has 1 aliphatic carbocycles. The van der Waals surface area contributed by atoms with Crippen LogP contribution < -0.4 is 0 Å². The average Bonchev–Trinajstić information content (AvgIpc) is 2.33. The largest absolute Gasteiger partial charge is 0.354 e. The molecule has 0 heterocycles. The summed E-state index contributed by atoms with van der Waals surface area (Å²) in [7, 11) is 1.67. The van der Waals surface area contributed by atoms with Crippen molar-refractivity contribution >= 4 is 31.9 Å². The van der Waals surface area contributed by atoms with Crippen molar-refractivity contribution in [1.29, 1.82) is 0 Å². The summed E-state index contributed by atoms with van der Waals surface area (Å²) >= 11 is 7.32. The van der Waals surface area contributed by atoms with Crippen molar-refractivity contribution in [3.8, 4) is 12.3 Å². The lowest BCUT2D eigenvalue weighted by molar-refractivity contribution is -0.149. The Hall–Kier alpha value is 0.180. The molecule has 2 nitrogen and oxygen atoms in total. The fourth-order valence-corrected chi connectivity index (χ4v) is 3.99. The molecule has 0 saturated heterocycles. The van der Waals surface area contributed by atoms with Crippen molar-refractivity contribution in [2.45, 2.75) is 42.7 Å². The van der Waals surface area contributed by atoms with Crippen molar-refractivity contribution in [1.82, 2.24) is 0 Å². The van der Waals surface area contributed by atoms with E-state index in [2.05, 4.69) is 44.4 Å². The van der Waals surface area contributed by atoms with E-state index in [1.807, 2.05) is 0 Å². The molecular formula is C14H20Br2O2. The van der Waals surface area contributed by atoms with Gasteiger partial charge in [0.15, 0.2) is 6.29 Å². The van der Waals surface area contributed by atoms with Gasteiger partial charge in [-0.15, -0.1) is 6.42 Å². The van der Waals surface area contributed by atoms with E-state index < -0.39 is 0 Å². The van der Waals surface area contributed by atoms with Crippen LogP contribution in [0.15, 0.2) is 11.1 Å². The fourth-order valence-electron chi connectivity index (χ4n) is 2.61. The van der Waals surface area contributed by atoms with Crippen LogP contribution in [0.25, 0.3) is 0 Å². The first-order chi connectivity index (χ1) is 8.54. The molecule has 0 bridgehead atoms. The molecule has 0 spiro atoms. The van der Waals surface area contributed by atoms with E-state index in [1.54, 1.807) is 7.11 Å². The number of terminal acetylenes is 1. The lowest BCUT2D eigenvalue weighted by Gasteiger charge is -2.43. The molecule has 3 atom stereocenters. The number of halogens is 2. The van der Waals surface area contributed by atoms with Crippen LogP contribution in [0.5, 0.6) is 0 Å². The quantitative estimate of drug-likeness (QED) is 0.390. The van der Waals surface area contributed by atoms with Gasteiger partial charge in [0.05, 0.1) is 4.32 Å². The number of ether oxygens (including phenoxy) is 2. The molecule has 0 aromatic rings. The Bertz CT molecular complexity index is 324. The number of rotatable bonds is 6. The molecule has 4 heteroatoms. The molecule has 102 valence electrons. The molecule has 18 heavy (non-hydrogen) atoms. The Balaban J connectivity index is 2.81. The van der Waals surface area contributed by atoms with Crippen LogP contribution in [0.2, 0.25) is 0 Å². The molecule has 0 amide bonds. The van der Waals surface area contributed by atoms with Crippen molar-refractivity contribution < 1.29 is 9.47 Å². The molecule has 1 rings (SSSR count). The maximum atomic E-state index is 5.64. The third kappa shape index (κ3) is 4.09. The fraction of sp³-hybridized carbons (Fsp3) is 0.714. The van der Waals surface area contributed by atoms with Crippen molar-refractivity contribution in [2.24, 2.45) is 5.92 Å². The summed E-state index contributed by atoms with van der Waals surface area (Å²) in [5, 5.41) is 0. The molecule has 0 N–H and O–H groups in total. The smallest absolute Gasteiger partial charge is 0.173 e. The van der Waals surface area contributed by atoms with Crippen LogP contribution in [-0.4, -0.2) is 24.3 Å². The van der Waals surface area contributed by atoms with Gasteiger partial charge in [-0.2, -0.15) is 0 Å². The topological polar surface area (TPSA) is 18.5 Å². The summed E-state index contributed by atoms with van der Waals surface area (Å²) in [6.07, 6.45) is 10.5. The normalized spacial score (nSPS) is 29.6. The minimum absolute atomic E-state index is 0.173. The van der Waals surface area contributed by atoms with Crippen LogP contribution >= 0.6 is 31.9 Å². The third-order valence-corrected chi connectivity index (χ3v) is 5.17. The number of allylic oxidation sites excluding steroid dienone is 1. The molecule has 1 fully saturated rings. The Labute approximate surface area is 127 Å². The molecule has 0 aromatic heterocycles. The second-order valence-corrected chi connectivity index (χ2v) is 7.27. The van der Waals surface area contributed by atoms with Gasteiger partial charge in [0.1, 0.15) is 6.61 Å². The van der Waals surface area contributed by atoms with Crippen molar-refractivity contribution in [2.75, 3.05) is 13.7 Å². The van der Waals surface area contributed by atoms with E-state index in [0.717, 1.165) is 23.7 Å². The molecule has 1 saturated carbocycles. The first-order valence-electron chi connectivity index (χ1n) is 6.14. The lowest BCUT2D eigenvalue weighted by Crippen LogP contribution is -2.48. The molecule has 0 aliphatic heterocycles. The zero-order valence-electron chi connectivity index (χ0n) is 10.8. The molecule has 0 unspecified atom stereocenters. The molecule has 0 aromatic carbocycles. The highest BCUT2D eigenvalue weighted by molar-refractivity contribution is 9.11. The van der Waals surface area contributed by atoms with Crippen LogP contribution in [-0.2, 0) is 9.47 Å². The van der Waals surface area contributed by atoms with Gasteiger partial charge in [0.25, 0.3) is 0 Å². The number of hydrogen-bond donors (Lipinski definition) is 0.